The van der Waals surface area contributed by atoms with Crippen LogP contribution in [-0.2, 0) is 26.9 Å². The number of sulfone groups is 1. The molecule has 0 unspecified atom stereocenters. The molecule has 0 amide bonds. The quantitative estimate of drug-likeness (QED) is 0.338. The van der Waals surface area contributed by atoms with Crippen LogP contribution in [-0.4, -0.2) is 46.9 Å². The average Bonchev–Trinajstić information content (AvgIpc) is 2.56. The molecular formula is C19H32FN3O3S. The minimum absolute atomic E-state index is 0.133. The zero-order chi connectivity index (χ0) is 20.3. The lowest BCUT2D eigenvalue weighted by molar-refractivity contribution is 0.128. The largest absolute Gasteiger partial charge is 0.380 e. The molecule has 0 aliphatic heterocycles. The van der Waals surface area contributed by atoms with Crippen molar-refractivity contribution in [2.75, 3.05) is 32.6 Å². The van der Waals surface area contributed by atoms with Crippen LogP contribution in [0.15, 0.2) is 23.2 Å². The van der Waals surface area contributed by atoms with Crippen LogP contribution in [0.4, 0.5) is 4.39 Å². The summed E-state index contributed by atoms with van der Waals surface area (Å²) in [4.78, 5) is 4.44. The van der Waals surface area contributed by atoms with Gasteiger partial charge < -0.3 is 15.4 Å². The number of aliphatic imine (C=N–C) groups is 1. The highest BCUT2D eigenvalue weighted by Crippen LogP contribution is 2.15. The van der Waals surface area contributed by atoms with Gasteiger partial charge in [-0.15, -0.1) is 0 Å². The third-order valence-electron chi connectivity index (χ3n) is 3.72. The molecule has 0 atom stereocenters. The van der Waals surface area contributed by atoms with Gasteiger partial charge in [-0.2, -0.15) is 0 Å². The van der Waals surface area contributed by atoms with E-state index in [2.05, 4.69) is 29.5 Å². The number of rotatable bonds is 11. The fourth-order valence-electron chi connectivity index (χ4n) is 2.33. The zero-order valence-electron chi connectivity index (χ0n) is 16.7. The molecule has 0 radical (unpaired) electrons. The number of halogens is 1. The van der Waals surface area contributed by atoms with Gasteiger partial charge in [0.15, 0.2) is 15.8 Å². The minimum Gasteiger partial charge on any atom is -0.380 e. The first kappa shape index (κ1) is 23.4. The van der Waals surface area contributed by atoms with Crippen molar-refractivity contribution in [2.24, 2.45) is 10.9 Å². The molecule has 0 aliphatic rings. The molecule has 0 spiro atoms. The number of ether oxygens (including phenoxy) is 1. The standard InChI is InChI=1S/C19H32FN3O3S/c1-5-21-19(22-9-11-26-10-8-15(2)3)23-13-17-12-18(20)7-6-16(17)14-27(4,24)25/h6-7,12,15H,5,8-11,13-14H2,1-4H3,(H2,21,22,23). The lowest BCUT2D eigenvalue weighted by atomic mass is 10.1. The smallest absolute Gasteiger partial charge is 0.191 e. The summed E-state index contributed by atoms with van der Waals surface area (Å²) >= 11 is 0. The normalized spacial score (nSPS) is 12.4. The molecule has 8 heteroatoms. The lowest BCUT2D eigenvalue weighted by Crippen LogP contribution is -2.39. The lowest BCUT2D eigenvalue weighted by Gasteiger charge is -2.13. The Morgan fingerprint density at radius 3 is 2.59 bits per heavy atom. The molecule has 0 bridgehead atoms. The van der Waals surface area contributed by atoms with E-state index < -0.39 is 15.7 Å². The summed E-state index contributed by atoms with van der Waals surface area (Å²) in [7, 11) is -3.21. The first-order chi connectivity index (χ1) is 12.7. The Bertz CT molecular complexity index is 706. The Labute approximate surface area is 162 Å². The summed E-state index contributed by atoms with van der Waals surface area (Å²) in [5.74, 6) is 0.656. The summed E-state index contributed by atoms with van der Waals surface area (Å²) in [6.45, 7) is 9.02. The maximum absolute atomic E-state index is 13.6. The molecule has 0 fully saturated rings. The van der Waals surface area contributed by atoms with Crippen molar-refractivity contribution in [1.29, 1.82) is 0 Å². The molecule has 154 valence electrons. The van der Waals surface area contributed by atoms with Crippen LogP contribution < -0.4 is 10.6 Å². The summed E-state index contributed by atoms with van der Waals surface area (Å²) in [5, 5.41) is 6.28. The summed E-state index contributed by atoms with van der Waals surface area (Å²) in [6, 6.07) is 4.11. The molecule has 0 aromatic heterocycles. The molecular weight excluding hydrogens is 369 g/mol. The van der Waals surface area contributed by atoms with E-state index in [4.69, 9.17) is 4.74 Å². The van der Waals surface area contributed by atoms with Crippen LogP contribution in [0.2, 0.25) is 0 Å². The number of hydrogen-bond acceptors (Lipinski definition) is 4. The Balaban J connectivity index is 2.67. The highest BCUT2D eigenvalue weighted by molar-refractivity contribution is 7.89. The highest BCUT2D eigenvalue weighted by atomic mass is 32.2. The molecule has 0 heterocycles. The van der Waals surface area contributed by atoms with Crippen LogP contribution in [0.1, 0.15) is 38.3 Å². The second kappa shape index (κ2) is 11.9. The monoisotopic (exact) mass is 401 g/mol. The van der Waals surface area contributed by atoms with E-state index in [1.165, 1.54) is 18.2 Å². The number of hydrogen-bond donors (Lipinski definition) is 2. The Kier molecular flexibility index (Phi) is 10.3. The minimum atomic E-state index is -3.21. The maximum Gasteiger partial charge on any atom is 0.191 e. The number of guanidine groups is 1. The molecule has 0 saturated heterocycles. The Morgan fingerprint density at radius 1 is 1.22 bits per heavy atom. The van der Waals surface area contributed by atoms with Gasteiger partial charge in [0.25, 0.3) is 0 Å². The van der Waals surface area contributed by atoms with Gasteiger partial charge in [-0.25, -0.2) is 17.8 Å². The van der Waals surface area contributed by atoms with Gasteiger partial charge in [-0.3, -0.25) is 0 Å². The maximum atomic E-state index is 13.6. The van der Waals surface area contributed by atoms with E-state index in [1.807, 2.05) is 6.92 Å². The van der Waals surface area contributed by atoms with Crippen LogP contribution in [0.3, 0.4) is 0 Å². The fraction of sp³-hybridized carbons (Fsp3) is 0.632. The molecule has 1 rings (SSSR count). The fourth-order valence-corrected chi connectivity index (χ4v) is 3.18. The van der Waals surface area contributed by atoms with Crippen LogP contribution in [0.25, 0.3) is 0 Å². The van der Waals surface area contributed by atoms with E-state index in [0.717, 1.165) is 19.3 Å². The summed E-state index contributed by atoms with van der Waals surface area (Å²) < 4.78 is 42.3. The first-order valence-corrected chi connectivity index (χ1v) is 11.3. The number of nitrogens with one attached hydrogen (secondary N) is 2. The van der Waals surface area contributed by atoms with E-state index in [1.54, 1.807) is 0 Å². The van der Waals surface area contributed by atoms with Crippen molar-refractivity contribution >= 4 is 15.8 Å². The molecule has 0 saturated carbocycles. The Hall–Kier alpha value is -1.67. The van der Waals surface area contributed by atoms with Gasteiger partial charge >= 0.3 is 0 Å². The Morgan fingerprint density at radius 2 is 1.96 bits per heavy atom. The van der Waals surface area contributed by atoms with Gasteiger partial charge in [0.1, 0.15) is 5.82 Å². The number of nitrogens with zero attached hydrogens (tertiary/aromatic N) is 1. The highest BCUT2D eigenvalue weighted by Gasteiger charge is 2.10. The second-order valence-electron chi connectivity index (χ2n) is 6.90. The van der Waals surface area contributed by atoms with Crippen molar-refractivity contribution in [3.05, 3.63) is 35.1 Å². The molecule has 2 N–H and O–H groups in total. The summed E-state index contributed by atoms with van der Waals surface area (Å²) in [6.07, 6.45) is 2.19. The van der Waals surface area contributed by atoms with Crippen molar-refractivity contribution < 1.29 is 17.5 Å². The van der Waals surface area contributed by atoms with E-state index in [-0.39, 0.29) is 12.3 Å². The van der Waals surface area contributed by atoms with E-state index in [0.29, 0.717) is 42.7 Å². The first-order valence-electron chi connectivity index (χ1n) is 9.26. The van der Waals surface area contributed by atoms with Crippen molar-refractivity contribution in [1.82, 2.24) is 10.6 Å². The molecule has 0 aliphatic carbocycles. The predicted octanol–water partition coefficient (Wildman–Crippen LogP) is 2.49. The van der Waals surface area contributed by atoms with Crippen LogP contribution in [0, 0.1) is 11.7 Å². The van der Waals surface area contributed by atoms with Gasteiger partial charge in [-0.1, -0.05) is 19.9 Å². The molecule has 1 aromatic carbocycles. The molecule has 6 nitrogen and oxygen atoms in total. The number of benzene rings is 1. The topological polar surface area (TPSA) is 79.8 Å². The second-order valence-corrected chi connectivity index (χ2v) is 9.04. The SMILES string of the molecule is CCNC(=NCc1cc(F)ccc1CS(C)(=O)=O)NCCOCCC(C)C. The van der Waals surface area contributed by atoms with Gasteiger partial charge in [0.2, 0.25) is 0 Å². The van der Waals surface area contributed by atoms with Crippen molar-refractivity contribution in [2.45, 2.75) is 39.5 Å². The predicted molar refractivity (Wildman–Crippen MR) is 108 cm³/mol. The van der Waals surface area contributed by atoms with Gasteiger partial charge in [-0.05, 0) is 42.5 Å². The van der Waals surface area contributed by atoms with Gasteiger partial charge in [0, 0.05) is 26.0 Å². The van der Waals surface area contributed by atoms with Crippen molar-refractivity contribution in [3.8, 4) is 0 Å². The third kappa shape index (κ3) is 10.9. The molecule has 27 heavy (non-hydrogen) atoms. The molecule has 1 aromatic rings. The van der Waals surface area contributed by atoms with E-state index >= 15 is 0 Å². The van der Waals surface area contributed by atoms with Crippen molar-refractivity contribution in [3.63, 3.8) is 0 Å². The zero-order valence-corrected chi connectivity index (χ0v) is 17.5. The van der Waals surface area contributed by atoms with E-state index in [9.17, 15) is 12.8 Å². The average molecular weight is 402 g/mol. The third-order valence-corrected chi connectivity index (χ3v) is 4.55. The van der Waals surface area contributed by atoms with Crippen LogP contribution >= 0.6 is 0 Å². The van der Waals surface area contributed by atoms with Gasteiger partial charge in [0.05, 0.1) is 18.9 Å². The van der Waals surface area contributed by atoms with Crippen LogP contribution in [0.5, 0.6) is 0 Å². The summed E-state index contributed by atoms with van der Waals surface area (Å²) in [5.41, 5.74) is 1.13.